The van der Waals surface area contributed by atoms with Crippen molar-refractivity contribution in [1.29, 1.82) is 0 Å². The maximum Gasteiger partial charge on any atom is 0.193 e. The van der Waals surface area contributed by atoms with Crippen molar-refractivity contribution >= 4 is 5.96 Å². The van der Waals surface area contributed by atoms with Crippen molar-refractivity contribution in [1.82, 2.24) is 15.1 Å². The van der Waals surface area contributed by atoms with Crippen LogP contribution in [-0.2, 0) is 11.3 Å². The zero-order valence-electron chi connectivity index (χ0n) is 14.8. The van der Waals surface area contributed by atoms with Gasteiger partial charge in [0.05, 0.1) is 13.2 Å². The van der Waals surface area contributed by atoms with Crippen LogP contribution in [0.2, 0.25) is 0 Å². The van der Waals surface area contributed by atoms with Gasteiger partial charge in [0.15, 0.2) is 5.96 Å². The van der Waals surface area contributed by atoms with Crippen LogP contribution >= 0.6 is 0 Å². The lowest BCUT2D eigenvalue weighted by molar-refractivity contribution is 0.0377. The largest absolute Gasteiger partial charge is 0.379 e. The van der Waals surface area contributed by atoms with Gasteiger partial charge in [-0.05, 0) is 31.0 Å². The molecule has 1 fully saturated rings. The van der Waals surface area contributed by atoms with E-state index < -0.39 is 0 Å². The van der Waals surface area contributed by atoms with Crippen LogP contribution in [0.4, 0.5) is 4.39 Å². The molecule has 134 valence electrons. The predicted molar refractivity (Wildman–Crippen MR) is 95.7 cm³/mol. The Bertz CT molecular complexity index is 500. The van der Waals surface area contributed by atoms with Crippen molar-refractivity contribution in [2.24, 2.45) is 4.99 Å². The Morgan fingerprint density at radius 2 is 2.00 bits per heavy atom. The van der Waals surface area contributed by atoms with Gasteiger partial charge in [-0.3, -0.25) is 9.89 Å². The zero-order valence-corrected chi connectivity index (χ0v) is 14.8. The highest BCUT2D eigenvalue weighted by Gasteiger charge is 2.10. The van der Waals surface area contributed by atoms with E-state index in [-0.39, 0.29) is 5.82 Å². The van der Waals surface area contributed by atoms with E-state index in [4.69, 9.17) is 9.73 Å². The first-order chi connectivity index (χ1) is 11.7. The van der Waals surface area contributed by atoms with Gasteiger partial charge in [-0.25, -0.2) is 4.39 Å². The molecule has 0 saturated carbocycles. The first kappa shape index (κ1) is 18.7. The molecular formula is C18H29FN4O. The van der Waals surface area contributed by atoms with E-state index in [2.05, 4.69) is 22.0 Å². The molecule has 0 atom stereocenters. The highest BCUT2D eigenvalue weighted by atomic mass is 19.1. The molecule has 0 spiro atoms. The summed E-state index contributed by atoms with van der Waals surface area (Å²) in [5.74, 6) is 0.689. The summed E-state index contributed by atoms with van der Waals surface area (Å²) in [5.41, 5.74) is 1.07. The molecule has 1 aliphatic heterocycles. The van der Waals surface area contributed by atoms with Crippen LogP contribution < -0.4 is 5.32 Å². The SMILES string of the molecule is CCNC(=NCCCN1CCOCC1)N(C)Cc1ccc(F)cc1. The van der Waals surface area contributed by atoms with Crippen LogP contribution in [0.25, 0.3) is 0 Å². The van der Waals surface area contributed by atoms with Crippen molar-refractivity contribution < 1.29 is 9.13 Å². The molecule has 1 N–H and O–H groups in total. The number of halogens is 1. The standard InChI is InChI=1S/C18H29FN4O/c1-3-20-18(21-9-4-10-23-11-13-24-14-12-23)22(2)15-16-5-7-17(19)8-6-16/h5-8H,3-4,9-15H2,1-2H3,(H,20,21). The molecule has 0 amide bonds. The summed E-state index contributed by atoms with van der Waals surface area (Å²) >= 11 is 0. The van der Waals surface area contributed by atoms with Gasteiger partial charge in [0.1, 0.15) is 5.82 Å². The molecule has 6 heteroatoms. The molecule has 0 unspecified atom stereocenters. The average Bonchev–Trinajstić information content (AvgIpc) is 2.60. The third kappa shape index (κ3) is 6.45. The van der Waals surface area contributed by atoms with Gasteiger partial charge in [-0.1, -0.05) is 12.1 Å². The number of ether oxygens (including phenoxy) is 1. The molecule has 0 aromatic heterocycles. The number of hydrogen-bond donors (Lipinski definition) is 1. The van der Waals surface area contributed by atoms with Gasteiger partial charge in [-0.2, -0.15) is 0 Å². The Morgan fingerprint density at radius 3 is 2.67 bits per heavy atom. The molecular weight excluding hydrogens is 307 g/mol. The first-order valence-corrected chi connectivity index (χ1v) is 8.73. The third-order valence-corrected chi connectivity index (χ3v) is 4.03. The molecule has 0 radical (unpaired) electrons. The lowest BCUT2D eigenvalue weighted by Crippen LogP contribution is -2.39. The normalized spacial score (nSPS) is 16.2. The van der Waals surface area contributed by atoms with Crippen LogP contribution in [0.3, 0.4) is 0 Å². The van der Waals surface area contributed by atoms with Crippen LogP contribution in [0.1, 0.15) is 18.9 Å². The summed E-state index contributed by atoms with van der Waals surface area (Å²) in [5, 5.41) is 3.32. The highest BCUT2D eigenvalue weighted by Crippen LogP contribution is 2.06. The van der Waals surface area contributed by atoms with Gasteiger partial charge in [-0.15, -0.1) is 0 Å². The second-order valence-corrected chi connectivity index (χ2v) is 6.03. The monoisotopic (exact) mass is 336 g/mol. The number of nitrogens with zero attached hydrogens (tertiary/aromatic N) is 3. The Balaban J connectivity index is 1.80. The summed E-state index contributed by atoms with van der Waals surface area (Å²) < 4.78 is 18.4. The average molecular weight is 336 g/mol. The van der Waals surface area contributed by atoms with Crippen molar-refractivity contribution in [2.75, 3.05) is 53.0 Å². The van der Waals surface area contributed by atoms with Crippen molar-refractivity contribution in [3.8, 4) is 0 Å². The predicted octanol–water partition coefficient (Wildman–Crippen LogP) is 1.95. The number of morpholine rings is 1. The Kier molecular flexibility index (Phi) is 7.98. The van der Waals surface area contributed by atoms with Gasteiger partial charge >= 0.3 is 0 Å². The minimum Gasteiger partial charge on any atom is -0.379 e. The van der Waals surface area contributed by atoms with E-state index in [9.17, 15) is 4.39 Å². The minimum atomic E-state index is -0.204. The van der Waals surface area contributed by atoms with Gasteiger partial charge in [0.25, 0.3) is 0 Å². The van der Waals surface area contributed by atoms with E-state index >= 15 is 0 Å². The lowest BCUT2D eigenvalue weighted by Gasteiger charge is -2.26. The van der Waals surface area contributed by atoms with Crippen LogP contribution in [0.5, 0.6) is 0 Å². The van der Waals surface area contributed by atoms with E-state index in [1.807, 2.05) is 19.2 Å². The maximum absolute atomic E-state index is 13.0. The van der Waals surface area contributed by atoms with Gasteiger partial charge < -0.3 is 15.0 Å². The number of rotatable bonds is 7. The lowest BCUT2D eigenvalue weighted by atomic mass is 10.2. The van der Waals surface area contributed by atoms with Crippen LogP contribution in [-0.4, -0.2) is 68.7 Å². The fourth-order valence-corrected chi connectivity index (χ4v) is 2.71. The summed E-state index contributed by atoms with van der Waals surface area (Å²) in [7, 11) is 2.01. The van der Waals surface area contributed by atoms with Crippen molar-refractivity contribution in [3.05, 3.63) is 35.6 Å². The molecule has 1 aromatic rings. The number of aliphatic imine (C=N–C) groups is 1. The van der Waals surface area contributed by atoms with Gasteiger partial charge in [0, 0.05) is 46.3 Å². The fraction of sp³-hybridized carbons (Fsp3) is 0.611. The molecule has 1 heterocycles. The first-order valence-electron chi connectivity index (χ1n) is 8.73. The quantitative estimate of drug-likeness (QED) is 0.469. The van der Waals surface area contributed by atoms with Crippen molar-refractivity contribution in [3.63, 3.8) is 0 Å². The summed E-state index contributed by atoms with van der Waals surface area (Å²) in [6.45, 7) is 9.18. The molecule has 0 bridgehead atoms. The van der Waals surface area contributed by atoms with E-state index in [0.717, 1.165) is 63.9 Å². The minimum absolute atomic E-state index is 0.204. The second kappa shape index (κ2) is 10.3. The number of nitrogens with one attached hydrogen (secondary N) is 1. The molecule has 0 aliphatic carbocycles. The zero-order chi connectivity index (χ0) is 17.2. The second-order valence-electron chi connectivity index (χ2n) is 6.03. The molecule has 24 heavy (non-hydrogen) atoms. The van der Waals surface area contributed by atoms with E-state index in [1.54, 1.807) is 0 Å². The summed E-state index contributed by atoms with van der Waals surface area (Å²) in [4.78, 5) is 9.21. The van der Waals surface area contributed by atoms with E-state index in [0.29, 0.717) is 6.54 Å². The smallest absolute Gasteiger partial charge is 0.193 e. The van der Waals surface area contributed by atoms with Gasteiger partial charge in [0.2, 0.25) is 0 Å². The number of guanidine groups is 1. The van der Waals surface area contributed by atoms with Crippen molar-refractivity contribution in [2.45, 2.75) is 19.9 Å². The van der Waals surface area contributed by atoms with Crippen LogP contribution in [0, 0.1) is 5.82 Å². The van der Waals surface area contributed by atoms with E-state index in [1.165, 1.54) is 12.1 Å². The summed E-state index contributed by atoms with van der Waals surface area (Å²) in [6, 6.07) is 6.62. The Labute approximate surface area is 144 Å². The highest BCUT2D eigenvalue weighted by molar-refractivity contribution is 5.79. The molecule has 1 aromatic carbocycles. The molecule has 2 rings (SSSR count). The molecule has 1 saturated heterocycles. The Hall–Kier alpha value is -1.66. The Morgan fingerprint density at radius 1 is 1.29 bits per heavy atom. The van der Waals surface area contributed by atoms with Crippen LogP contribution in [0.15, 0.2) is 29.3 Å². The summed E-state index contributed by atoms with van der Waals surface area (Å²) in [6.07, 6.45) is 1.04. The topological polar surface area (TPSA) is 40.1 Å². The number of hydrogen-bond acceptors (Lipinski definition) is 3. The maximum atomic E-state index is 13.0. The molecule has 5 nitrogen and oxygen atoms in total. The molecule has 1 aliphatic rings. The number of benzene rings is 1. The fourth-order valence-electron chi connectivity index (χ4n) is 2.71. The third-order valence-electron chi connectivity index (χ3n) is 4.03.